The molecule has 0 amide bonds. The van der Waals surface area contributed by atoms with E-state index in [2.05, 4.69) is 9.97 Å². The molecular weight excluding hydrogens is 336 g/mol. The molecule has 1 aromatic carbocycles. The predicted molar refractivity (Wildman–Crippen MR) is 94.2 cm³/mol. The van der Waals surface area contributed by atoms with Crippen molar-refractivity contribution in [1.29, 1.82) is 0 Å². The van der Waals surface area contributed by atoms with Gasteiger partial charge in [-0.05, 0) is 32.0 Å². The van der Waals surface area contributed by atoms with Crippen molar-refractivity contribution in [1.82, 2.24) is 9.97 Å². The van der Waals surface area contributed by atoms with Crippen molar-refractivity contribution in [3.8, 4) is 33.9 Å². The van der Waals surface area contributed by atoms with Crippen molar-refractivity contribution >= 4 is 5.97 Å². The van der Waals surface area contributed by atoms with Crippen LogP contribution >= 0.6 is 0 Å². The van der Waals surface area contributed by atoms with E-state index < -0.39 is 5.97 Å². The molecule has 3 aromatic rings. The number of aryl methyl sites for hydroxylation is 1. The van der Waals surface area contributed by atoms with E-state index in [1.54, 1.807) is 45.4 Å². The highest BCUT2D eigenvalue weighted by Gasteiger charge is 2.21. The van der Waals surface area contributed by atoms with E-state index in [0.717, 1.165) is 0 Å². The summed E-state index contributed by atoms with van der Waals surface area (Å²) in [5.74, 6) is 0.685. The molecule has 0 bridgehead atoms. The minimum atomic E-state index is -0.569. The zero-order valence-electron chi connectivity index (χ0n) is 14.9. The van der Waals surface area contributed by atoms with Crippen molar-refractivity contribution < 1.29 is 23.8 Å². The number of ether oxygens (including phenoxy) is 2. The Morgan fingerprint density at radius 2 is 1.92 bits per heavy atom. The Balaban J connectivity index is 2.18. The average molecular weight is 354 g/mol. The molecule has 0 saturated carbocycles. The number of methoxy groups -OCH3 is 2. The molecule has 1 N–H and O–H groups in total. The molecule has 2 heterocycles. The second-order valence-corrected chi connectivity index (χ2v) is 5.65. The normalized spacial score (nSPS) is 10.6. The molecule has 0 aliphatic rings. The minimum Gasteiger partial charge on any atom is -0.507 e. The van der Waals surface area contributed by atoms with Gasteiger partial charge in [-0.3, -0.25) is 0 Å². The zero-order valence-corrected chi connectivity index (χ0v) is 14.9. The number of nitrogens with zero attached hydrogens (tertiary/aromatic N) is 2. The van der Waals surface area contributed by atoms with Crippen molar-refractivity contribution in [2.75, 3.05) is 14.2 Å². The van der Waals surface area contributed by atoms with E-state index >= 15 is 0 Å². The summed E-state index contributed by atoms with van der Waals surface area (Å²) in [7, 11) is 2.83. The molecule has 0 aliphatic heterocycles. The van der Waals surface area contributed by atoms with Gasteiger partial charge < -0.3 is 19.0 Å². The maximum absolute atomic E-state index is 11.7. The van der Waals surface area contributed by atoms with Crippen LogP contribution in [-0.2, 0) is 4.74 Å². The number of phenols is 1. The summed E-state index contributed by atoms with van der Waals surface area (Å²) in [5.41, 5.74) is 2.93. The molecular formula is C19H18N2O5. The lowest BCUT2D eigenvalue weighted by atomic mass is 9.98. The van der Waals surface area contributed by atoms with E-state index in [0.29, 0.717) is 39.5 Å². The molecule has 0 fully saturated rings. The second-order valence-electron chi connectivity index (χ2n) is 5.65. The summed E-state index contributed by atoms with van der Waals surface area (Å²) in [5, 5.41) is 10.6. The summed E-state index contributed by atoms with van der Waals surface area (Å²) in [6.07, 6.45) is 3.01. The minimum absolute atomic E-state index is 0.0682. The van der Waals surface area contributed by atoms with Crippen molar-refractivity contribution in [3.63, 3.8) is 0 Å². The lowest BCUT2D eigenvalue weighted by Crippen LogP contribution is -1.98. The van der Waals surface area contributed by atoms with Crippen LogP contribution in [0.5, 0.6) is 11.5 Å². The summed E-state index contributed by atoms with van der Waals surface area (Å²) in [6.45, 7) is 3.49. The van der Waals surface area contributed by atoms with Crippen LogP contribution in [0.2, 0.25) is 0 Å². The van der Waals surface area contributed by atoms with Crippen LogP contribution in [0.1, 0.15) is 21.9 Å². The number of furan rings is 1. The van der Waals surface area contributed by atoms with Gasteiger partial charge in [-0.1, -0.05) is 0 Å². The Morgan fingerprint density at radius 3 is 2.62 bits per heavy atom. The molecule has 2 aromatic heterocycles. The second kappa shape index (κ2) is 6.87. The number of aromatic nitrogens is 2. The summed E-state index contributed by atoms with van der Waals surface area (Å²) in [4.78, 5) is 20.1. The van der Waals surface area contributed by atoms with Crippen LogP contribution in [0.15, 0.2) is 35.1 Å². The predicted octanol–water partition coefficient (Wildman–Crippen LogP) is 3.52. The van der Waals surface area contributed by atoms with Gasteiger partial charge in [0.2, 0.25) is 5.76 Å². The van der Waals surface area contributed by atoms with E-state index in [1.807, 2.05) is 0 Å². The summed E-state index contributed by atoms with van der Waals surface area (Å²) in [6, 6.07) is 5.07. The monoisotopic (exact) mass is 354 g/mol. The van der Waals surface area contributed by atoms with Crippen LogP contribution in [0, 0.1) is 13.8 Å². The number of carbonyl (C=O) groups is 1. The van der Waals surface area contributed by atoms with Crippen LogP contribution in [0.4, 0.5) is 0 Å². The Bertz CT molecular complexity index is 978. The topological polar surface area (TPSA) is 94.7 Å². The van der Waals surface area contributed by atoms with E-state index in [9.17, 15) is 9.90 Å². The highest BCUT2D eigenvalue weighted by atomic mass is 16.5. The first kappa shape index (κ1) is 17.5. The van der Waals surface area contributed by atoms with Gasteiger partial charge >= 0.3 is 5.97 Å². The van der Waals surface area contributed by atoms with Crippen LogP contribution in [-0.4, -0.2) is 35.3 Å². The lowest BCUT2D eigenvalue weighted by molar-refractivity contribution is 0.0563. The number of benzene rings is 1. The van der Waals surface area contributed by atoms with E-state index in [-0.39, 0.29) is 11.5 Å². The Morgan fingerprint density at radius 1 is 1.15 bits per heavy atom. The van der Waals surface area contributed by atoms with Gasteiger partial charge in [-0.25, -0.2) is 14.8 Å². The average Bonchev–Trinajstić information content (AvgIpc) is 3.05. The van der Waals surface area contributed by atoms with Crippen LogP contribution < -0.4 is 4.74 Å². The highest BCUT2D eigenvalue weighted by molar-refractivity contribution is 5.91. The maximum atomic E-state index is 11.7. The van der Waals surface area contributed by atoms with Gasteiger partial charge in [-0.2, -0.15) is 0 Å². The number of rotatable bonds is 4. The third kappa shape index (κ3) is 2.88. The number of carbonyl (C=O) groups excluding carboxylic acids is 1. The van der Waals surface area contributed by atoms with Gasteiger partial charge in [0, 0.05) is 28.5 Å². The van der Waals surface area contributed by atoms with E-state index in [4.69, 9.17) is 13.9 Å². The fourth-order valence-electron chi connectivity index (χ4n) is 2.79. The molecule has 0 atom stereocenters. The SMILES string of the molecule is COC(=O)c1cc(-c2cncnc2-c2ccc(OC)c(C)c2O)c(C)o1. The molecule has 26 heavy (non-hydrogen) atoms. The first-order chi connectivity index (χ1) is 12.5. The number of esters is 1. The molecule has 0 radical (unpaired) electrons. The molecule has 7 heteroatoms. The number of hydrogen-bond acceptors (Lipinski definition) is 7. The lowest BCUT2D eigenvalue weighted by Gasteiger charge is -2.13. The Kier molecular flexibility index (Phi) is 4.62. The van der Waals surface area contributed by atoms with Crippen LogP contribution in [0.3, 0.4) is 0 Å². The molecule has 3 rings (SSSR count). The van der Waals surface area contributed by atoms with E-state index in [1.165, 1.54) is 13.4 Å². The third-order valence-electron chi connectivity index (χ3n) is 4.16. The van der Waals surface area contributed by atoms with Gasteiger partial charge in [0.05, 0.1) is 19.9 Å². The highest BCUT2D eigenvalue weighted by Crippen LogP contribution is 2.40. The van der Waals surface area contributed by atoms with Crippen molar-refractivity contribution in [2.24, 2.45) is 0 Å². The molecule has 0 saturated heterocycles. The molecule has 7 nitrogen and oxygen atoms in total. The maximum Gasteiger partial charge on any atom is 0.373 e. The van der Waals surface area contributed by atoms with Gasteiger partial charge in [0.1, 0.15) is 23.6 Å². The summed E-state index contributed by atoms with van der Waals surface area (Å²) >= 11 is 0. The number of aromatic hydroxyl groups is 1. The van der Waals surface area contributed by atoms with Gasteiger partial charge in [0.25, 0.3) is 0 Å². The third-order valence-corrected chi connectivity index (χ3v) is 4.16. The Labute approximate surface area is 150 Å². The molecule has 0 spiro atoms. The smallest absolute Gasteiger partial charge is 0.373 e. The quantitative estimate of drug-likeness (QED) is 0.716. The van der Waals surface area contributed by atoms with Crippen molar-refractivity contribution in [3.05, 3.63) is 47.8 Å². The number of phenolic OH excluding ortho intramolecular Hbond substituents is 1. The van der Waals surface area contributed by atoms with Gasteiger partial charge in [-0.15, -0.1) is 0 Å². The number of hydrogen-bond donors (Lipinski definition) is 1. The first-order valence-corrected chi connectivity index (χ1v) is 7.84. The van der Waals surface area contributed by atoms with Crippen LogP contribution in [0.25, 0.3) is 22.4 Å². The standard InChI is InChI=1S/C19H18N2O5/c1-10-15(24-3)6-5-12(18(10)22)17-14(8-20-9-21-17)13-7-16(19(23)25-4)26-11(13)2/h5-9,22H,1-4H3. The largest absolute Gasteiger partial charge is 0.507 e. The zero-order chi connectivity index (χ0) is 18.8. The first-order valence-electron chi connectivity index (χ1n) is 7.84. The molecule has 134 valence electrons. The fourth-order valence-corrected chi connectivity index (χ4v) is 2.79. The molecule has 0 aliphatic carbocycles. The van der Waals surface area contributed by atoms with Gasteiger partial charge in [0.15, 0.2) is 0 Å². The van der Waals surface area contributed by atoms with Crippen molar-refractivity contribution in [2.45, 2.75) is 13.8 Å². The summed E-state index contributed by atoms with van der Waals surface area (Å²) < 4.78 is 15.4. The molecule has 0 unspecified atom stereocenters. The fraction of sp³-hybridized carbons (Fsp3) is 0.211. The Hall–Kier alpha value is -3.35.